The van der Waals surface area contributed by atoms with Crippen LogP contribution in [0.3, 0.4) is 0 Å². The first-order valence-corrected chi connectivity index (χ1v) is 5.87. The molecule has 0 radical (unpaired) electrons. The van der Waals surface area contributed by atoms with Gasteiger partial charge in [0.2, 0.25) is 0 Å². The molecule has 1 fully saturated rings. The number of aromatic nitrogens is 4. The predicted octanol–water partition coefficient (Wildman–Crippen LogP) is -3.65. The molecule has 0 amide bonds. The van der Waals surface area contributed by atoms with Gasteiger partial charge in [0.25, 0.3) is 5.56 Å². The van der Waals surface area contributed by atoms with E-state index < -0.39 is 24.3 Å². The zero-order valence-electron chi connectivity index (χ0n) is 9.82. The number of H-pyrrole nitrogens is 2. The van der Waals surface area contributed by atoms with E-state index in [1.54, 1.807) is 5.32 Å². The summed E-state index contributed by atoms with van der Waals surface area (Å²) < 4.78 is 0. The van der Waals surface area contributed by atoms with Crippen LogP contribution < -0.4 is 10.9 Å². The Morgan fingerprint density at radius 2 is 2.11 bits per heavy atom. The number of nitrogens with two attached hydrogens (primary N) is 1. The highest BCUT2D eigenvalue weighted by atomic mass is 16.3. The van der Waals surface area contributed by atoms with E-state index in [9.17, 15) is 15.0 Å². The van der Waals surface area contributed by atoms with Crippen molar-refractivity contribution in [3.8, 4) is 0 Å². The number of aliphatic hydroxyl groups excluding tert-OH is 3. The zero-order chi connectivity index (χ0) is 13.6. The third kappa shape index (κ3) is 1.75. The summed E-state index contributed by atoms with van der Waals surface area (Å²) in [5.74, 6) is 0. The molecule has 0 aliphatic carbocycles. The molecule has 1 saturated heterocycles. The number of aromatic amines is 2. The molecule has 102 valence electrons. The molecule has 9 heteroatoms. The standard InChI is InChI=1S/C10H13N5O4/c16-1-3-8(17)9(18)6(13-3)5-4-7(15-14-5)10(19)12-2-11-4/h2-3,6,8-9,13,16-18H,1H2,(H,14,15)(H,11,12,19)/p+1. The Labute approximate surface area is 106 Å². The molecule has 0 bridgehead atoms. The maximum Gasteiger partial charge on any atom is 0.279 e. The van der Waals surface area contributed by atoms with Crippen LogP contribution in [-0.4, -0.2) is 60.3 Å². The van der Waals surface area contributed by atoms with Gasteiger partial charge in [0, 0.05) is 0 Å². The third-order valence-electron chi connectivity index (χ3n) is 3.53. The average molecular weight is 268 g/mol. The van der Waals surface area contributed by atoms with Crippen molar-refractivity contribution in [1.82, 2.24) is 20.2 Å². The summed E-state index contributed by atoms with van der Waals surface area (Å²) in [5.41, 5.74) is 0.595. The summed E-state index contributed by atoms with van der Waals surface area (Å²) in [6.45, 7) is -0.255. The normalized spacial score (nSPS) is 31.1. The minimum absolute atomic E-state index is 0.153. The van der Waals surface area contributed by atoms with E-state index in [1.165, 1.54) is 6.33 Å². The fourth-order valence-electron chi connectivity index (χ4n) is 2.49. The highest BCUT2D eigenvalue weighted by Gasteiger charge is 2.47. The average Bonchev–Trinajstić information content (AvgIpc) is 2.94. The summed E-state index contributed by atoms with van der Waals surface area (Å²) >= 11 is 0. The first-order valence-electron chi connectivity index (χ1n) is 5.87. The first kappa shape index (κ1) is 12.2. The van der Waals surface area contributed by atoms with Crippen molar-refractivity contribution in [3.63, 3.8) is 0 Å². The lowest BCUT2D eigenvalue weighted by molar-refractivity contribution is -0.714. The number of hydrogen-bond donors (Lipinski definition) is 6. The fourth-order valence-corrected chi connectivity index (χ4v) is 2.49. The summed E-state index contributed by atoms with van der Waals surface area (Å²) in [7, 11) is 0. The highest BCUT2D eigenvalue weighted by Crippen LogP contribution is 2.23. The summed E-state index contributed by atoms with van der Waals surface area (Å²) in [6, 6.07) is -1.06. The van der Waals surface area contributed by atoms with Gasteiger partial charge in [0.05, 0.1) is 12.9 Å². The van der Waals surface area contributed by atoms with Crippen LogP contribution in [0.25, 0.3) is 11.0 Å². The lowest BCUT2D eigenvalue weighted by Crippen LogP contribution is -2.89. The van der Waals surface area contributed by atoms with Gasteiger partial charge >= 0.3 is 0 Å². The second kappa shape index (κ2) is 4.38. The maximum absolute atomic E-state index is 11.5. The van der Waals surface area contributed by atoms with E-state index in [0.717, 1.165) is 0 Å². The van der Waals surface area contributed by atoms with Gasteiger partial charge in [-0.15, -0.1) is 0 Å². The van der Waals surface area contributed by atoms with Crippen molar-refractivity contribution in [2.75, 3.05) is 6.61 Å². The Morgan fingerprint density at radius 1 is 1.32 bits per heavy atom. The smallest absolute Gasteiger partial charge is 0.279 e. The molecule has 3 rings (SSSR count). The van der Waals surface area contributed by atoms with E-state index in [1.807, 2.05) is 0 Å². The highest BCUT2D eigenvalue weighted by molar-refractivity contribution is 5.75. The molecule has 0 saturated carbocycles. The molecule has 2 aromatic heterocycles. The number of nitrogens with one attached hydrogen (secondary N) is 2. The molecule has 4 atom stereocenters. The molecule has 3 heterocycles. The second-order valence-corrected chi connectivity index (χ2v) is 4.61. The van der Waals surface area contributed by atoms with E-state index in [0.29, 0.717) is 11.2 Å². The van der Waals surface area contributed by atoms with Gasteiger partial charge in [0.15, 0.2) is 11.6 Å². The molecule has 1 aliphatic heterocycles. The monoisotopic (exact) mass is 268 g/mol. The van der Waals surface area contributed by atoms with E-state index >= 15 is 0 Å². The van der Waals surface area contributed by atoms with Gasteiger partial charge in [-0.3, -0.25) is 9.89 Å². The lowest BCUT2D eigenvalue weighted by Gasteiger charge is -2.10. The first-order chi connectivity index (χ1) is 9.13. The molecular weight excluding hydrogens is 254 g/mol. The quantitative estimate of drug-likeness (QED) is 0.330. The van der Waals surface area contributed by atoms with Crippen molar-refractivity contribution < 1.29 is 20.6 Å². The second-order valence-electron chi connectivity index (χ2n) is 4.61. The van der Waals surface area contributed by atoms with Crippen molar-refractivity contribution in [2.24, 2.45) is 0 Å². The SMILES string of the molecule is O=c1[nH]cnc2c(C3[NH2+]C(CO)C(O)C3O)[nH]nc12. The van der Waals surface area contributed by atoms with Crippen LogP contribution in [0, 0.1) is 0 Å². The largest absolute Gasteiger partial charge is 0.390 e. The molecule has 2 aromatic rings. The van der Waals surface area contributed by atoms with Gasteiger partial charge in [-0.05, 0) is 0 Å². The number of aliphatic hydroxyl groups is 3. The maximum atomic E-state index is 11.5. The van der Waals surface area contributed by atoms with Crippen molar-refractivity contribution in [2.45, 2.75) is 24.3 Å². The van der Waals surface area contributed by atoms with Crippen LogP contribution >= 0.6 is 0 Å². The number of quaternary nitrogens is 1. The van der Waals surface area contributed by atoms with E-state index in [-0.39, 0.29) is 17.7 Å². The molecule has 19 heavy (non-hydrogen) atoms. The van der Waals surface area contributed by atoms with E-state index in [2.05, 4.69) is 20.2 Å². The van der Waals surface area contributed by atoms with E-state index in [4.69, 9.17) is 5.11 Å². The Balaban J connectivity index is 2.06. The van der Waals surface area contributed by atoms with Crippen molar-refractivity contribution in [1.29, 1.82) is 0 Å². The van der Waals surface area contributed by atoms with Crippen LogP contribution in [0.1, 0.15) is 11.7 Å². The molecular formula is C10H14N5O4+. The van der Waals surface area contributed by atoms with Crippen LogP contribution in [0.15, 0.2) is 11.1 Å². The molecule has 7 N–H and O–H groups in total. The zero-order valence-corrected chi connectivity index (χ0v) is 9.82. The topological polar surface area (TPSA) is 152 Å². The van der Waals surface area contributed by atoms with Gasteiger partial charge < -0.3 is 25.6 Å². The number of rotatable bonds is 2. The Hall–Kier alpha value is -1.81. The molecule has 0 aromatic carbocycles. The van der Waals surface area contributed by atoms with Crippen LogP contribution in [-0.2, 0) is 0 Å². The minimum Gasteiger partial charge on any atom is -0.390 e. The summed E-state index contributed by atoms with van der Waals surface area (Å²) in [6.07, 6.45) is -0.859. The number of hydrogen-bond acceptors (Lipinski definition) is 6. The Kier molecular flexibility index (Phi) is 2.82. The number of nitrogens with zero attached hydrogens (tertiary/aromatic N) is 2. The summed E-state index contributed by atoms with van der Waals surface area (Å²) in [5, 5.41) is 37.1. The fraction of sp³-hybridized carbons (Fsp3) is 0.500. The van der Waals surface area contributed by atoms with Crippen molar-refractivity contribution >= 4 is 11.0 Å². The van der Waals surface area contributed by atoms with Gasteiger partial charge in [0.1, 0.15) is 29.5 Å². The van der Waals surface area contributed by atoms with Crippen LogP contribution in [0.2, 0.25) is 0 Å². The third-order valence-corrected chi connectivity index (χ3v) is 3.53. The predicted molar refractivity (Wildman–Crippen MR) is 62.1 cm³/mol. The van der Waals surface area contributed by atoms with Gasteiger partial charge in [-0.25, -0.2) is 4.98 Å². The molecule has 4 unspecified atom stereocenters. The van der Waals surface area contributed by atoms with Crippen LogP contribution in [0.5, 0.6) is 0 Å². The molecule has 1 aliphatic rings. The minimum atomic E-state index is -1.07. The van der Waals surface area contributed by atoms with Crippen LogP contribution in [0.4, 0.5) is 0 Å². The Bertz CT molecular complexity index is 653. The Morgan fingerprint density at radius 3 is 2.79 bits per heavy atom. The summed E-state index contributed by atoms with van der Waals surface area (Å²) in [4.78, 5) is 18.0. The number of fused-ring (bicyclic) bond motifs is 1. The van der Waals surface area contributed by atoms with Gasteiger partial charge in [-0.2, -0.15) is 5.10 Å². The molecule has 9 nitrogen and oxygen atoms in total. The van der Waals surface area contributed by atoms with Crippen molar-refractivity contribution in [3.05, 3.63) is 22.4 Å². The molecule has 0 spiro atoms. The van der Waals surface area contributed by atoms with Gasteiger partial charge in [-0.1, -0.05) is 0 Å². The lowest BCUT2D eigenvalue weighted by atomic mass is 10.1.